The summed E-state index contributed by atoms with van der Waals surface area (Å²) in [6, 6.07) is 5.95. The van der Waals surface area contributed by atoms with Gasteiger partial charge in [-0.3, -0.25) is 9.59 Å². The molecule has 0 bridgehead atoms. The molecule has 3 rings (SSSR count). The number of anilines is 1. The van der Waals surface area contributed by atoms with Crippen molar-refractivity contribution in [1.82, 2.24) is 9.62 Å². The van der Waals surface area contributed by atoms with Crippen LogP contribution in [0.1, 0.15) is 12.8 Å². The number of nitrogens with two attached hydrogens (primary N) is 1. The molecule has 0 aromatic heterocycles. The molecule has 0 saturated carbocycles. The van der Waals surface area contributed by atoms with Crippen LogP contribution in [0, 0.1) is 0 Å². The fraction of sp³-hybridized carbons (Fsp3) is 0.500. The van der Waals surface area contributed by atoms with Crippen LogP contribution in [-0.4, -0.2) is 62.9 Å². The third-order valence-electron chi connectivity index (χ3n) is 4.57. The van der Waals surface area contributed by atoms with E-state index in [1.165, 1.54) is 12.1 Å². The minimum absolute atomic E-state index is 0.0167. The van der Waals surface area contributed by atoms with Crippen molar-refractivity contribution in [3.05, 3.63) is 24.3 Å². The zero-order valence-electron chi connectivity index (χ0n) is 14.2. The number of ether oxygens (including phenoxy) is 1. The number of piperazine rings is 1. The quantitative estimate of drug-likeness (QED) is 0.628. The monoisotopic (exact) mass is 382 g/mol. The van der Waals surface area contributed by atoms with Crippen LogP contribution in [0.15, 0.2) is 29.2 Å². The van der Waals surface area contributed by atoms with Crippen molar-refractivity contribution >= 4 is 27.5 Å². The topological polar surface area (TPSA) is 131 Å². The number of hydrogen-bond acceptors (Lipinski definition) is 6. The lowest BCUT2D eigenvalue weighted by molar-refractivity contribution is -0.124. The summed E-state index contributed by atoms with van der Waals surface area (Å²) in [7, 11) is -3.82. The Balaban J connectivity index is 1.77. The van der Waals surface area contributed by atoms with Gasteiger partial charge in [0, 0.05) is 32.0 Å². The number of hydrogen-bond donors (Lipinski definition) is 3. The molecule has 0 aliphatic carbocycles. The largest absolute Gasteiger partial charge is 0.381 e. The van der Waals surface area contributed by atoms with Gasteiger partial charge in [0.2, 0.25) is 21.8 Å². The Kier molecular flexibility index (Phi) is 5.28. The Hall–Kier alpha value is -2.01. The van der Waals surface area contributed by atoms with E-state index < -0.39 is 15.6 Å². The minimum atomic E-state index is -3.82. The SMILES string of the molecule is NC1(C(=O)Nc2cccc(S(=O)(=O)N3CCNC(=O)C3)c2)CCOCC1. The van der Waals surface area contributed by atoms with Gasteiger partial charge in [0.05, 0.1) is 11.4 Å². The molecule has 0 spiro atoms. The summed E-state index contributed by atoms with van der Waals surface area (Å²) in [5, 5.41) is 5.28. The number of nitrogens with one attached hydrogen (secondary N) is 2. The highest BCUT2D eigenvalue weighted by Crippen LogP contribution is 2.23. The van der Waals surface area contributed by atoms with E-state index in [0.29, 0.717) is 31.7 Å². The second kappa shape index (κ2) is 7.31. The van der Waals surface area contributed by atoms with Crippen molar-refractivity contribution < 1.29 is 22.7 Å². The second-order valence-electron chi connectivity index (χ2n) is 6.44. The highest BCUT2D eigenvalue weighted by atomic mass is 32.2. The number of benzene rings is 1. The molecule has 2 heterocycles. The average molecular weight is 382 g/mol. The lowest BCUT2D eigenvalue weighted by Crippen LogP contribution is -2.54. The predicted octanol–water partition coefficient (Wildman–Crippen LogP) is -0.746. The van der Waals surface area contributed by atoms with Crippen LogP contribution in [0.25, 0.3) is 0 Å². The Morgan fingerprint density at radius 2 is 2.04 bits per heavy atom. The predicted molar refractivity (Wildman–Crippen MR) is 93.8 cm³/mol. The lowest BCUT2D eigenvalue weighted by atomic mass is 9.90. The molecule has 2 amide bonds. The molecule has 1 aromatic rings. The van der Waals surface area contributed by atoms with Gasteiger partial charge in [-0.05, 0) is 31.0 Å². The molecule has 2 fully saturated rings. The van der Waals surface area contributed by atoms with Crippen molar-refractivity contribution in [1.29, 1.82) is 0 Å². The van der Waals surface area contributed by atoms with E-state index in [9.17, 15) is 18.0 Å². The molecule has 26 heavy (non-hydrogen) atoms. The lowest BCUT2D eigenvalue weighted by Gasteiger charge is -2.31. The standard InChI is InChI=1S/C16H22N4O5S/c17-16(4-8-25-9-5-16)15(22)19-12-2-1-3-13(10-12)26(23,24)20-7-6-18-14(21)11-20/h1-3,10H,4-9,11,17H2,(H,18,21)(H,19,22). The highest BCUT2D eigenvalue weighted by Gasteiger charge is 2.36. The van der Waals surface area contributed by atoms with Gasteiger partial charge < -0.3 is 21.1 Å². The van der Waals surface area contributed by atoms with Crippen LogP contribution in [0.3, 0.4) is 0 Å². The molecular weight excluding hydrogens is 360 g/mol. The second-order valence-corrected chi connectivity index (χ2v) is 8.38. The van der Waals surface area contributed by atoms with E-state index in [1.807, 2.05) is 0 Å². The summed E-state index contributed by atoms with van der Waals surface area (Å²) in [5.41, 5.74) is 5.46. The zero-order chi connectivity index (χ0) is 18.8. The number of rotatable bonds is 4. The van der Waals surface area contributed by atoms with E-state index in [4.69, 9.17) is 10.5 Å². The van der Waals surface area contributed by atoms with Gasteiger partial charge in [0.1, 0.15) is 5.54 Å². The summed E-state index contributed by atoms with van der Waals surface area (Å²) in [5.74, 6) is -0.707. The van der Waals surface area contributed by atoms with Gasteiger partial charge in [-0.15, -0.1) is 0 Å². The Morgan fingerprint density at radius 3 is 2.73 bits per heavy atom. The third kappa shape index (κ3) is 3.88. The number of carbonyl (C=O) groups is 2. The first-order valence-electron chi connectivity index (χ1n) is 8.36. The van der Waals surface area contributed by atoms with E-state index in [0.717, 1.165) is 4.31 Å². The van der Waals surface area contributed by atoms with Gasteiger partial charge in [0.25, 0.3) is 0 Å². The van der Waals surface area contributed by atoms with Crippen LogP contribution in [0.5, 0.6) is 0 Å². The fourth-order valence-corrected chi connectivity index (χ4v) is 4.37. The molecule has 2 aliphatic heterocycles. The number of carbonyl (C=O) groups excluding carboxylic acids is 2. The maximum absolute atomic E-state index is 12.7. The van der Waals surface area contributed by atoms with Crippen LogP contribution >= 0.6 is 0 Å². The highest BCUT2D eigenvalue weighted by molar-refractivity contribution is 7.89. The van der Waals surface area contributed by atoms with Gasteiger partial charge in [-0.2, -0.15) is 4.31 Å². The molecule has 142 valence electrons. The number of sulfonamides is 1. The van der Waals surface area contributed by atoms with Crippen LogP contribution in [0.4, 0.5) is 5.69 Å². The summed E-state index contributed by atoms with van der Waals surface area (Å²) in [6.45, 7) is 1.08. The molecular formula is C16H22N4O5S. The molecule has 2 saturated heterocycles. The van der Waals surface area contributed by atoms with Crippen molar-refractivity contribution in [3.63, 3.8) is 0 Å². The van der Waals surface area contributed by atoms with Crippen molar-refractivity contribution in [2.24, 2.45) is 5.73 Å². The zero-order valence-corrected chi connectivity index (χ0v) is 15.0. The first kappa shape index (κ1) is 18.8. The molecule has 2 aliphatic rings. The summed E-state index contributed by atoms with van der Waals surface area (Å²) in [6.07, 6.45) is 0.805. The summed E-state index contributed by atoms with van der Waals surface area (Å²) in [4.78, 5) is 24.0. The number of amides is 2. The Bertz CT molecular complexity index is 805. The molecule has 0 atom stereocenters. The van der Waals surface area contributed by atoms with E-state index in [2.05, 4.69) is 10.6 Å². The Labute approximate surface area is 151 Å². The van der Waals surface area contributed by atoms with Gasteiger partial charge in [-0.25, -0.2) is 8.42 Å². The van der Waals surface area contributed by atoms with Crippen LogP contribution in [-0.2, 0) is 24.3 Å². The van der Waals surface area contributed by atoms with Gasteiger partial charge >= 0.3 is 0 Å². The summed E-state index contributed by atoms with van der Waals surface area (Å²) < 4.78 is 31.8. The normalized spacial score (nSPS) is 21.0. The molecule has 9 nitrogen and oxygen atoms in total. The number of nitrogens with zero attached hydrogens (tertiary/aromatic N) is 1. The maximum atomic E-state index is 12.7. The molecule has 10 heteroatoms. The first-order chi connectivity index (χ1) is 12.3. The summed E-state index contributed by atoms with van der Waals surface area (Å²) >= 11 is 0. The molecule has 0 unspecified atom stereocenters. The fourth-order valence-electron chi connectivity index (χ4n) is 2.92. The molecule has 4 N–H and O–H groups in total. The first-order valence-corrected chi connectivity index (χ1v) is 9.80. The molecule has 0 radical (unpaired) electrons. The smallest absolute Gasteiger partial charge is 0.244 e. The van der Waals surface area contributed by atoms with Crippen molar-refractivity contribution in [2.75, 3.05) is 38.2 Å². The van der Waals surface area contributed by atoms with Crippen molar-refractivity contribution in [3.8, 4) is 0 Å². The van der Waals surface area contributed by atoms with E-state index in [1.54, 1.807) is 12.1 Å². The average Bonchev–Trinajstić information content (AvgIpc) is 2.62. The third-order valence-corrected chi connectivity index (χ3v) is 6.41. The maximum Gasteiger partial charge on any atom is 0.244 e. The van der Waals surface area contributed by atoms with Crippen LogP contribution in [0.2, 0.25) is 0 Å². The van der Waals surface area contributed by atoms with Crippen LogP contribution < -0.4 is 16.4 Å². The van der Waals surface area contributed by atoms with Gasteiger partial charge in [0.15, 0.2) is 0 Å². The minimum Gasteiger partial charge on any atom is -0.381 e. The van der Waals surface area contributed by atoms with E-state index in [-0.39, 0.29) is 36.3 Å². The Morgan fingerprint density at radius 1 is 1.31 bits per heavy atom. The van der Waals surface area contributed by atoms with Gasteiger partial charge in [-0.1, -0.05) is 6.07 Å². The van der Waals surface area contributed by atoms with Crippen molar-refractivity contribution in [2.45, 2.75) is 23.3 Å². The van der Waals surface area contributed by atoms with E-state index >= 15 is 0 Å². The molecule has 1 aromatic carbocycles.